The molecule has 0 aromatic carbocycles. The number of nitrogens with one attached hydrogen (secondary N) is 1. The van der Waals surface area contributed by atoms with E-state index in [1.807, 2.05) is 11.3 Å². The first-order valence-corrected chi connectivity index (χ1v) is 8.43. The summed E-state index contributed by atoms with van der Waals surface area (Å²) in [5.41, 5.74) is 0.188. The molecule has 1 N–H and O–H groups in total. The molecule has 110 valence electrons. The van der Waals surface area contributed by atoms with Gasteiger partial charge in [0.05, 0.1) is 5.41 Å². The van der Waals surface area contributed by atoms with E-state index in [0.29, 0.717) is 5.91 Å². The van der Waals surface area contributed by atoms with Crippen molar-refractivity contribution in [1.82, 2.24) is 10.2 Å². The van der Waals surface area contributed by atoms with E-state index in [9.17, 15) is 4.79 Å². The SMILES string of the molecule is CN(C)C1(Cc2cccs2)CCC2(CCNC2=O)CC1. The van der Waals surface area contributed by atoms with Gasteiger partial charge >= 0.3 is 0 Å². The molecule has 3 rings (SSSR count). The highest BCUT2D eigenvalue weighted by Crippen LogP contribution is 2.48. The molecule has 1 aromatic heterocycles. The van der Waals surface area contributed by atoms with Gasteiger partial charge in [-0.05, 0) is 57.6 Å². The molecular weight excluding hydrogens is 268 g/mol. The van der Waals surface area contributed by atoms with Crippen molar-refractivity contribution in [2.24, 2.45) is 5.41 Å². The minimum Gasteiger partial charge on any atom is -0.356 e. The molecule has 2 aliphatic rings. The molecule has 2 heterocycles. The molecule has 1 amide bonds. The van der Waals surface area contributed by atoms with Gasteiger partial charge in [0.15, 0.2) is 0 Å². The van der Waals surface area contributed by atoms with Gasteiger partial charge in [0.2, 0.25) is 5.91 Å². The third-order valence-corrected chi connectivity index (χ3v) is 6.42. The molecule has 2 fully saturated rings. The summed E-state index contributed by atoms with van der Waals surface area (Å²) in [6.07, 6.45) is 6.51. The van der Waals surface area contributed by atoms with Crippen LogP contribution in [-0.4, -0.2) is 37.0 Å². The van der Waals surface area contributed by atoms with Crippen molar-refractivity contribution >= 4 is 17.2 Å². The largest absolute Gasteiger partial charge is 0.356 e. The second-order valence-corrected chi connectivity index (χ2v) is 7.69. The molecule has 1 saturated heterocycles. The highest BCUT2D eigenvalue weighted by Gasteiger charge is 2.49. The van der Waals surface area contributed by atoms with Crippen LogP contribution in [0.5, 0.6) is 0 Å². The summed E-state index contributed by atoms with van der Waals surface area (Å²) in [6, 6.07) is 4.38. The van der Waals surface area contributed by atoms with Crippen LogP contribution in [0.2, 0.25) is 0 Å². The normalized spacial score (nSPS) is 33.9. The van der Waals surface area contributed by atoms with Gasteiger partial charge in [0, 0.05) is 23.4 Å². The summed E-state index contributed by atoms with van der Waals surface area (Å²) in [6.45, 7) is 0.874. The van der Waals surface area contributed by atoms with Crippen LogP contribution in [0.1, 0.15) is 37.0 Å². The van der Waals surface area contributed by atoms with Crippen LogP contribution < -0.4 is 5.32 Å². The van der Waals surface area contributed by atoms with Crippen molar-refractivity contribution in [2.45, 2.75) is 44.1 Å². The summed E-state index contributed by atoms with van der Waals surface area (Å²) >= 11 is 1.85. The van der Waals surface area contributed by atoms with Gasteiger partial charge in [-0.25, -0.2) is 0 Å². The summed E-state index contributed by atoms with van der Waals surface area (Å²) in [5.74, 6) is 0.306. The van der Waals surface area contributed by atoms with Gasteiger partial charge in [-0.3, -0.25) is 4.79 Å². The smallest absolute Gasteiger partial charge is 0.226 e. The van der Waals surface area contributed by atoms with E-state index in [2.05, 4.69) is 41.8 Å². The first-order valence-electron chi connectivity index (χ1n) is 7.55. The lowest BCUT2D eigenvalue weighted by Gasteiger charge is -2.47. The predicted molar refractivity (Wildman–Crippen MR) is 83.0 cm³/mol. The number of likely N-dealkylation sites (N-methyl/N-ethyl adjacent to an activating group) is 1. The monoisotopic (exact) mass is 292 g/mol. The topological polar surface area (TPSA) is 32.3 Å². The Hall–Kier alpha value is -0.870. The fraction of sp³-hybridized carbons (Fsp3) is 0.688. The number of carbonyl (C=O) groups is 1. The highest BCUT2D eigenvalue weighted by molar-refractivity contribution is 7.09. The first kappa shape index (κ1) is 14.1. The minimum absolute atomic E-state index is 0.0467. The Morgan fingerprint density at radius 3 is 2.50 bits per heavy atom. The van der Waals surface area contributed by atoms with Crippen LogP contribution in [0.4, 0.5) is 0 Å². The van der Waals surface area contributed by atoms with E-state index in [-0.39, 0.29) is 11.0 Å². The molecule has 1 aromatic rings. The number of nitrogens with zero attached hydrogens (tertiary/aromatic N) is 1. The van der Waals surface area contributed by atoms with Gasteiger partial charge in [-0.2, -0.15) is 0 Å². The second-order valence-electron chi connectivity index (χ2n) is 6.66. The van der Waals surface area contributed by atoms with Crippen LogP contribution in [0.3, 0.4) is 0 Å². The number of rotatable bonds is 3. The van der Waals surface area contributed by atoms with Crippen LogP contribution in [0.25, 0.3) is 0 Å². The van der Waals surface area contributed by atoms with Gasteiger partial charge in [-0.15, -0.1) is 11.3 Å². The van der Waals surface area contributed by atoms with Crippen molar-refractivity contribution in [2.75, 3.05) is 20.6 Å². The highest BCUT2D eigenvalue weighted by atomic mass is 32.1. The minimum atomic E-state index is -0.0467. The molecule has 4 heteroatoms. The van der Waals surface area contributed by atoms with Gasteiger partial charge in [-0.1, -0.05) is 6.07 Å². The lowest BCUT2D eigenvalue weighted by molar-refractivity contribution is -0.130. The quantitative estimate of drug-likeness (QED) is 0.929. The Labute approximate surface area is 125 Å². The standard InChI is InChI=1S/C16H24N2OS/c1-18(2)16(12-13-4-3-11-20-13)7-5-15(6-8-16)9-10-17-14(15)19/h3-4,11H,5-10,12H2,1-2H3,(H,17,19). The van der Waals surface area contributed by atoms with E-state index in [1.54, 1.807) is 0 Å². The fourth-order valence-electron chi connectivity index (χ4n) is 3.91. The average Bonchev–Trinajstić information content (AvgIpc) is 3.04. The number of hydrogen-bond acceptors (Lipinski definition) is 3. The first-order chi connectivity index (χ1) is 9.56. The fourth-order valence-corrected chi connectivity index (χ4v) is 4.75. The molecule has 1 aliphatic heterocycles. The zero-order valence-corrected chi connectivity index (χ0v) is 13.3. The summed E-state index contributed by atoms with van der Waals surface area (Å²) in [5, 5.41) is 5.19. The van der Waals surface area contributed by atoms with Crippen molar-refractivity contribution in [1.29, 1.82) is 0 Å². The van der Waals surface area contributed by atoms with E-state index >= 15 is 0 Å². The maximum absolute atomic E-state index is 12.1. The molecule has 1 saturated carbocycles. The lowest BCUT2D eigenvalue weighted by Crippen LogP contribution is -2.51. The maximum atomic E-state index is 12.1. The predicted octanol–water partition coefficient (Wildman–Crippen LogP) is 2.67. The summed E-state index contributed by atoms with van der Waals surface area (Å²) in [7, 11) is 4.39. The molecule has 0 bridgehead atoms. The van der Waals surface area contributed by atoms with Gasteiger partial charge in [0.25, 0.3) is 0 Å². The van der Waals surface area contributed by atoms with Gasteiger partial charge in [0.1, 0.15) is 0 Å². The van der Waals surface area contributed by atoms with Crippen molar-refractivity contribution in [3.63, 3.8) is 0 Å². The molecule has 20 heavy (non-hydrogen) atoms. The number of carbonyl (C=O) groups excluding carboxylic acids is 1. The second kappa shape index (κ2) is 5.15. The third-order valence-electron chi connectivity index (χ3n) is 5.54. The van der Waals surface area contributed by atoms with E-state index in [1.165, 1.54) is 4.88 Å². The molecule has 3 nitrogen and oxygen atoms in total. The lowest BCUT2D eigenvalue weighted by atomic mass is 9.65. The molecule has 0 unspecified atom stereocenters. The number of hydrogen-bond donors (Lipinski definition) is 1. The van der Waals surface area contributed by atoms with E-state index in [4.69, 9.17) is 0 Å². The van der Waals surface area contributed by atoms with Gasteiger partial charge < -0.3 is 10.2 Å². The summed E-state index contributed by atoms with van der Waals surface area (Å²) in [4.78, 5) is 16.0. The van der Waals surface area contributed by atoms with Crippen LogP contribution in [0.15, 0.2) is 17.5 Å². The molecular formula is C16H24N2OS. The molecule has 0 radical (unpaired) electrons. The zero-order valence-electron chi connectivity index (χ0n) is 12.4. The average molecular weight is 292 g/mol. The summed E-state index contributed by atoms with van der Waals surface area (Å²) < 4.78 is 0. The third kappa shape index (κ3) is 2.29. The van der Waals surface area contributed by atoms with E-state index < -0.39 is 0 Å². The maximum Gasteiger partial charge on any atom is 0.226 e. The molecule has 1 aliphatic carbocycles. The van der Waals surface area contributed by atoms with Crippen LogP contribution in [0, 0.1) is 5.41 Å². The van der Waals surface area contributed by atoms with Crippen LogP contribution >= 0.6 is 11.3 Å². The number of amides is 1. The Kier molecular flexibility index (Phi) is 3.63. The van der Waals surface area contributed by atoms with Crippen LogP contribution in [-0.2, 0) is 11.2 Å². The number of thiophene rings is 1. The van der Waals surface area contributed by atoms with Crippen molar-refractivity contribution < 1.29 is 4.79 Å². The Balaban J connectivity index is 1.76. The molecule has 1 spiro atoms. The Morgan fingerprint density at radius 1 is 1.25 bits per heavy atom. The zero-order chi connectivity index (χ0) is 14.2. The van der Waals surface area contributed by atoms with E-state index in [0.717, 1.165) is 45.1 Å². The Bertz CT molecular complexity index is 473. The Morgan fingerprint density at radius 2 is 2.00 bits per heavy atom. The van der Waals surface area contributed by atoms with Crippen molar-refractivity contribution in [3.8, 4) is 0 Å². The van der Waals surface area contributed by atoms with Crippen molar-refractivity contribution in [3.05, 3.63) is 22.4 Å². The molecule has 0 atom stereocenters.